The van der Waals surface area contributed by atoms with Crippen LogP contribution in [0.4, 0.5) is 0 Å². The molecule has 0 saturated carbocycles. The van der Waals surface area contributed by atoms with E-state index < -0.39 is 148 Å². The summed E-state index contributed by atoms with van der Waals surface area (Å²) in [6.07, 6.45) is 20.5. The molecule has 1 aliphatic heterocycles. The molecule has 4 aromatic rings. The number of amides is 8. The Hall–Kier alpha value is -12.2. The Kier molecular flexibility index (Phi) is 35.5. The lowest BCUT2D eigenvalue weighted by atomic mass is 10.1. The van der Waals surface area contributed by atoms with Crippen LogP contribution in [-0.2, 0) is 83.2 Å². The first kappa shape index (κ1) is 82.5. The number of hydrogen-bond donors (Lipinski definition) is 12. The van der Waals surface area contributed by atoms with Crippen LogP contribution in [0.3, 0.4) is 0 Å². The number of aliphatic carboxylic acids is 4. The molecule has 1 aliphatic rings. The van der Waals surface area contributed by atoms with Gasteiger partial charge in [0.2, 0.25) is 47.3 Å². The van der Waals surface area contributed by atoms with Crippen molar-refractivity contribution in [2.75, 3.05) is 131 Å². The first-order valence-electron chi connectivity index (χ1n) is 32.6. The second-order valence-electron chi connectivity index (χ2n) is 23.4. The Morgan fingerprint density at radius 2 is 0.481 bits per heavy atom. The normalized spacial score (nSPS) is 14.0. The Labute approximate surface area is 600 Å². The van der Waals surface area contributed by atoms with E-state index in [4.69, 9.17) is 44.6 Å². The van der Waals surface area contributed by atoms with Gasteiger partial charge in [0.15, 0.2) is 0 Å². The molecule has 4 aromatic carbocycles. The maximum absolute atomic E-state index is 13.8. The lowest BCUT2D eigenvalue weighted by Crippen LogP contribution is -2.53. The zero-order valence-corrected chi connectivity index (χ0v) is 56.9. The van der Waals surface area contributed by atoms with E-state index in [2.05, 4.69) is 66.2 Å². The summed E-state index contributed by atoms with van der Waals surface area (Å²) >= 11 is 0. The van der Waals surface area contributed by atoms with Crippen molar-refractivity contribution in [3.05, 3.63) is 119 Å². The zero-order chi connectivity index (χ0) is 75.8. The Morgan fingerprint density at radius 3 is 0.635 bits per heavy atom. The number of rotatable bonds is 40. The molecule has 0 aromatic heterocycles. The fourth-order valence-electron chi connectivity index (χ4n) is 10.1. The molecule has 12 N–H and O–H groups in total. The number of carboxylic acids is 4. The second kappa shape index (κ2) is 44.8. The van der Waals surface area contributed by atoms with E-state index >= 15 is 0 Å². The number of ether oxygens (including phenoxy) is 4. The third-order valence-electron chi connectivity index (χ3n) is 15.5. The topological polar surface area (TPSA) is 432 Å². The fourth-order valence-corrected chi connectivity index (χ4v) is 10.1. The smallest absolute Gasteiger partial charge is 0.326 e. The van der Waals surface area contributed by atoms with Gasteiger partial charge in [-0.1, -0.05) is 72.2 Å². The third kappa shape index (κ3) is 32.4. The van der Waals surface area contributed by atoms with Crippen LogP contribution in [0.1, 0.15) is 22.3 Å². The van der Waals surface area contributed by atoms with Crippen molar-refractivity contribution in [1.29, 1.82) is 0 Å². The van der Waals surface area contributed by atoms with Crippen molar-refractivity contribution in [2.24, 2.45) is 0 Å². The van der Waals surface area contributed by atoms with Crippen molar-refractivity contribution in [3.63, 3.8) is 0 Å². The van der Waals surface area contributed by atoms with Crippen LogP contribution in [0, 0.1) is 49.4 Å². The van der Waals surface area contributed by atoms with E-state index in [1.54, 1.807) is 117 Å². The van der Waals surface area contributed by atoms with Gasteiger partial charge in [0, 0.05) is 78.0 Å². The highest BCUT2D eigenvalue weighted by molar-refractivity contribution is 5.91. The van der Waals surface area contributed by atoms with Crippen molar-refractivity contribution in [3.8, 4) is 72.4 Å². The molecule has 552 valence electrons. The monoisotopic (exact) mass is 1440 g/mol. The van der Waals surface area contributed by atoms with Gasteiger partial charge in [0.25, 0.3) is 0 Å². The van der Waals surface area contributed by atoms with E-state index in [1.165, 1.54) is 0 Å². The maximum atomic E-state index is 13.8. The van der Waals surface area contributed by atoms with Gasteiger partial charge in [-0.2, -0.15) is 0 Å². The zero-order valence-electron chi connectivity index (χ0n) is 56.9. The van der Waals surface area contributed by atoms with Crippen LogP contribution in [0.15, 0.2) is 97.1 Å². The first-order chi connectivity index (χ1) is 49.9. The fraction of sp³-hybridized carbons (Fsp3) is 0.389. The van der Waals surface area contributed by atoms with Gasteiger partial charge in [-0.15, -0.1) is 25.7 Å². The lowest BCUT2D eigenvalue weighted by Gasteiger charge is -2.33. The number of carbonyl (C=O) groups is 12. The number of terminal acetylenes is 4. The number of carbonyl (C=O) groups excluding carboxylic acids is 8. The van der Waals surface area contributed by atoms with E-state index in [0.29, 0.717) is 45.3 Å². The largest absolute Gasteiger partial charge is 0.481 e. The molecular formula is C72H84N12O20. The quantitative estimate of drug-likeness (QED) is 0.0197. The minimum Gasteiger partial charge on any atom is -0.481 e. The molecule has 5 rings (SSSR count). The molecule has 1 saturated heterocycles. The van der Waals surface area contributed by atoms with Gasteiger partial charge in [0.1, 0.15) is 73.6 Å². The van der Waals surface area contributed by atoms with E-state index in [9.17, 15) is 78.0 Å². The summed E-state index contributed by atoms with van der Waals surface area (Å²) in [4.78, 5) is 164. The van der Waals surface area contributed by atoms with Crippen LogP contribution in [0.2, 0.25) is 0 Å². The minimum absolute atomic E-state index is 0.00779. The van der Waals surface area contributed by atoms with Crippen LogP contribution in [0.25, 0.3) is 0 Å². The molecule has 1 heterocycles. The number of benzene rings is 4. The summed E-state index contributed by atoms with van der Waals surface area (Å²) in [5.41, 5.74) is 2.14. The van der Waals surface area contributed by atoms with Gasteiger partial charge >= 0.3 is 23.9 Å². The molecular weight excluding hydrogens is 1350 g/mol. The summed E-state index contributed by atoms with van der Waals surface area (Å²) in [5, 5.41) is 59.7. The van der Waals surface area contributed by atoms with Crippen molar-refractivity contribution in [1.82, 2.24) is 62.1 Å². The predicted octanol–water partition coefficient (Wildman–Crippen LogP) is -3.03. The number of nitrogens with zero attached hydrogens (tertiary/aromatic N) is 4. The lowest BCUT2D eigenvalue weighted by molar-refractivity contribution is -0.142. The molecule has 0 aliphatic carbocycles. The summed E-state index contributed by atoms with van der Waals surface area (Å²) < 4.78 is 21.5. The Bertz CT molecular complexity index is 3250. The molecule has 8 amide bonds. The highest BCUT2D eigenvalue weighted by Crippen LogP contribution is 2.18. The number of nitrogens with one attached hydrogen (secondary N) is 8. The van der Waals surface area contributed by atoms with Crippen molar-refractivity contribution >= 4 is 71.1 Å². The van der Waals surface area contributed by atoms with Crippen LogP contribution >= 0.6 is 0 Å². The van der Waals surface area contributed by atoms with Gasteiger partial charge in [-0.05, 0) is 70.8 Å². The molecule has 0 spiro atoms. The average Bonchev–Trinajstić information content (AvgIpc) is 0.902. The molecule has 0 bridgehead atoms. The van der Waals surface area contributed by atoms with Crippen molar-refractivity contribution in [2.45, 2.75) is 49.9 Å². The highest BCUT2D eigenvalue weighted by Gasteiger charge is 2.28. The standard InChI is InChI=1S/C72H84N12O20/c1-5-33-101-53-17-9-49(10-18-53)37-57(69(93)94)77-61(85)41-73-65(89)45-81-25-27-82(46-66(90)74-42-62(86)78-58(70(95)96)38-50-11-19-54(20-12-50)102-34-6-2)29-31-84(48-68(92)76-44-64(88)80-60(72(99)100)40-52-15-23-56(24-16-52)104-36-8-4)32-30-83(28-26-81)47-67(91)75-43-63(87)79-59(71(97)98)39-51-13-21-55(22-14-51)103-35-7-3/h1-4,9-24,57-60H,25-48H2,(H,73,89)(H,74,90)(H,75,91)(H,76,92)(H,77,85)(H,78,86)(H,79,87)(H,80,88)(H,93,94)(H,95,96)(H,97,98)(H,99,100)/t57-,58-,59-,60-/m0/s1. The molecule has 0 radical (unpaired) electrons. The van der Waals surface area contributed by atoms with E-state index in [-0.39, 0.29) is 104 Å². The number of carboxylic acid groups (broad SMARTS) is 4. The van der Waals surface area contributed by atoms with Gasteiger partial charge < -0.3 is 81.9 Å². The number of hydrogen-bond acceptors (Lipinski definition) is 20. The van der Waals surface area contributed by atoms with Crippen molar-refractivity contribution < 1.29 is 96.9 Å². The summed E-state index contributed by atoms with van der Waals surface area (Å²) in [7, 11) is 0. The predicted molar refractivity (Wildman–Crippen MR) is 374 cm³/mol. The molecule has 32 nitrogen and oxygen atoms in total. The molecule has 0 unspecified atom stereocenters. The average molecular weight is 1440 g/mol. The Morgan fingerprint density at radius 1 is 0.308 bits per heavy atom. The highest BCUT2D eigenvalue weighted by atomic mass is 16.5. The van der Waals surface area contributed by atoms with Crippen LogP contribution < -0.4 is 61.5 Å². The minimum atomic E-state index is -1.41. The van der Waals surface area contributed by atoms with Gasteiger partial charge in [0.05, 0.1) is 52.4 Å². The SMILES string of the molecule is C#CCOc1ccc(C[C@H](NC(=O)CNC(=O)CN2CCN(CC(=O)NCC(=O)N[C@@H](Cc3ccc(OCC#C)cc3)C(=O)O)CCN(CC(=O)NCC(=O)N[C@@H](Cc3ccc(OCC#C)cc3)C(=O)O)CCN(CC(=O)NCC(=O)N[C@@H](Cc3ccc(OCC#C)cc3)C(=O)O)CC2)C(=O)O)cc1. The maximum Gasteiger partial charge on any atom is 0.326 e. The summed E-state index contributed by atoms with van der Waals surface area (Å²) in [5.74, 6) is -0.476. The van der Waals surface area contributed by atoms with E-state index in [0.717, 1.165) is 0 Å². The second-order valence-corrected chi connectivity index (χ2v) is 23.4. The molecule has 1 fully saturated rings. The third-order valence-corrected chi connectivity index (χ3v) is 15.5. The Balaban J connectivity index is 1.34. The summed E-state index contributed by atoms with van der Waals surface area (Å²) in [6, 6.07) is 19.9. The van der Waals surface area contributed by atoms with Gasteiger partial charge in [-0.25, -0.2) is 19.2 Å². The van der Waals surface area contributed by atoms with Gasteiger partial charge in [-0.3, -0.25) is 58.0 Å². The van der Waals surface area contributed by atoms with Crippen LogP contribution in [-0.4, -0.2) is 266 Å². The van der Waals surface area contributed by atoms with Crippen LogP contribution in [0.5, 0.6) is 23.0 Å². The van der Waals surface area contributed by atoms with E-state index in [1.807, 2.05) is 0 Å². The molecule has 32 heteroatoms. The molecule has 4 atom stereocenters. The molecule has 104 heavy (non-hydrogen) atoms. The first-order valence-corrected chi connectivity index (χ1v) is 32.6. The summed E-state index contributed by atoms with van der Waals surface area (Å²) in [6.45, 7) is -4.26.